The van der Waals surface area contributed by atoms with E-state index in [2.05, 4.69) is 6.58 Å². The van der Waals surface area contributed by atoms with Gasteiger partial charge in [-0.05, 0) is 6.08 Å². The Morgan fingerprint density at radius 2 is 2.11 bits per heavy atom. The first-order valence-electron chi connectivity index (χ1n) is 2.65. The average Bonchev–Trinajstić information content (AvgIpc) is 1.85. The van der Waals surface area contributed by atoms with Crippen LogP contribution >= 0.6 is 0 Å². The fraction of sp³-hybridized carbons (Fsp3) is 0.333. The molecule has 0 bridgehead atoms. The van der Waals surface area contributed by atoms with Gasteiger partial charge in [0.25, 0.3) is 0 Å². The number of rotatable bonds is 4. The van der Waals surface area contributed by atoms with E-state index in [9.17, 15) is 0 Å². The van der Waals surface area contributed by atoms with E-state index in [0.29, 0.717) is 13.1 Å². The predicted octanol–water partition coefficient (Wildman–Crippen LogP) is 0.935. The van der Waals surface area contributed by atoms with Gasteiger partial charge in [-0.3, -0.25) is 0 Å². The molecule has 0 aromatic rings. The van der Waals surface area contributed by atoms with Crippen LogP contribution in [0.15, 0.2) is 25.0 Å². The van der Waals surface area contributed by atoms with Crippen molar-refractivity contribution in [3.8, 4) is 0 Å². The van der Waals surface area contributed by atoms with E-state index in [4.69, 9.17) is 10.3 Å². The van der Waals surface area contributed by atoms with Gasteiger partial charge in [0.1, 0.15) is 0 Å². The standard InChI is InChI=1S/C6H11NO2/c1-2-4-7(9)5-3-6-8/h2-3,6,8-9H,1,4-5H2. The molecular formula is C6H11NO2. The van der Waals surface area contributed by atoms with Crippen LogP contribution < -0.4 is 0 Å². The summed E-state index contributed by atoms with van der Waals surface area (Å²) >= 11 is 0. The third-order valence-electron chi connectivity index (χ3n) is 0.761. The summed E-state index contributed by atoms with van der Waals surface area (Å²) in [6.45, 7) is 4.15. The summed E-state index contributed by atoms with van der Waals surface area (Å²) in [4.78, 5) is 0. The first kappa shape index (κ1) is 8.20. The van der Waals surface area contributed by atoms with Gasteiger partial charge in [0.2, 0.25) is 0 Å². The van der Waals surface area contributed by atoms with Crippen molar-refractivity contribution >= 4 is 0 Å². The Kier molecular flexibility index (Phi) is 4.86. The first-order valence-corrected chi connectivity index (χ1v) is 2.65. The molecule has 3 nitrogen and oxygen atoms in total. The van der Waals surface area contributed by atoms with E-state index in [0.717, 1.165) is 11.3 Å². The van der Waals surface area contributed by atoms with Gasteiger partial charge in [-0.25, -0.2) is 0 Å². The lowest BCUT2D eigenvalue weighted by atomic mass is 10.5. The third-order valence-corrected chi connectivity index (χ3v) is 0.761. The van der Waals surface area contributed by atoms with E-state index in [1.165, 1.54) is 6.08 Å². The fourth-order valence-corrected chi connectivity index (χ4v) is 0.392. The second kappa shape index (κ2) is 5.34. The minimum atomic E-state index is 0.322. The van der Waals surface area contributed by atoms with E-state index in [1.54, 1.807) is 6.08 Å². The molecule has 0 spiro atoms. The molecule has 0 unspecified atom stereocenters. The SMILES string of the molecule is C=CCN(O)CC=CO. The lowest BCUT2D eigenvalue weighted by molar-refractivity contribution is -0.0694. The van der Waals surface area contributed by atoms with Crippen LogP contribution in [0.1, 0.15) is 0 Å². The molecule has 0 aromatic carbocycles. The maximum atomic E-state index is 8.78. The van der Waals surface area contributed by atoms with Gasteiger partial charge in [-0.1, -0.05) is 6.08 Å². The minimum absolute atomic E-state index is 0.322. The number of hydrogen-bond donors (Lipinski definition) is 2. The zero-order chi connectivity index (χ0) is 7.11. The van der Waals surface area contributed by atoms with Crippen LogP contribution in [0.5, 0.6) is 0 Å². The Labute approximate surface area is 54.5 Å². The van der Waals surface area contributed by atoms with Crippen LogP contribution in [0.4, 0.5) is 0 Å². The first-order chi connectivity index (χ1) is 4.31. The van der Waals surface area contributed by atoms with E-state index in [-0.39, 0.29) is 0 Å². The number of aliphatic hydroxyl groups is 1. The summed E-state index contributed by atoms with van der Waals surface area (Å²) < 4.78 is 0. The molecule has 0 radical (unpaired) electrons. The smallest absolute Gasteiger partial charge is 0.0765 e. The van der Waals surface area contributed by atoms with E-state index >= 15 is 0 Å². The Morgan fingerprint density at radius 1 is 1.44 bits per heavy atom. The third kappa shape index (κ3) is 5.06. The van der Waals surface area contributed by atoms with Crippen molar-refractivity contribution in [1.29, 1.82) is 0 Å². The number of hydroxylamine groups is 2. The molecule has 0 saturated carbocycles. The van der Waals surface area contributed by atoms with Crippen molar-refractivity contribution in [1.82, 2.24) is 5.06 Å². The van der Waals surface area contributed by atoms with Crippen LogP contribution in [-0.2, 0) is 0 Å². The second-order valence-corrected chi connectivity index (χ2v) is 1.55. The topological polar surface area (TPSA) is 43.7 Å². The molecule has 3 heteroatoms. The van der Waals surface area contributed by atoms with E-state index < -0.39 is 0 Å². The zero-order valence-corrected chi connectivity index (χ0v) is 5.20. The number of hydrogen-bond acceptors (Lipinski definition) is 3. The normalized spacial score (nSPS) is 10.9. The van der Waals surface area contributed by atoms with Crippen molar-refractivity contribution in [2.45, 2.75) is 0 Å². The summed E-state index contributed by atoms with van der Waals surface area (Å²) in [5.41, 5.74) is 0. The largest absolute Gasteiger partial charge is 0.516 e. The van der Waals surface area contributed by atoms with Crippen molar-refractivity contribution in [2.75, 3.05) is 13.1 Å². The molecule has 0 fully saturated rings. The summed E-state index contributed by atoms with van der Waals surface area (Å²) in [5, 5.41) is 17.9. The Morgan fingerprint density at radius 3 is 2.56 bits per heavy atom. The highest BCUT2D eigenvalue weighted by atomic mass is 16.5. The predicted molar refractivity (Wildman–Crippen MR) is 35.3 cm³/mol. The average molecular weight is 129 g/mol. The maximum absolute atomic E-state index is 8.78. The minimum Gasteiger partial charge on any atom is -0.516 e. The Hall–Kier alpha value is -0.800. The van der Waals surface area contributed by atoms with Crippen LogP contribution in [0.3, 0.4) is 0 Å². The summed E-state index contributed by atoms with van der Waals surface area (Å²) in [6, 6.07) is 0. The second-order valence-electron chi connectivity index (χ2n) is 1.55. The lowest BCUT2D eigenvalue weighted by Gasteiger charge is -2.06. The molecule has 0 rings (SSSR count). The fourth-order valence-electron chi connectivity index (χ4n) is 0.392. The lowest BCUT2D eigenvalue weighted by Crippen LogP contribution is -2.18. The molecule has 0 heterocycles. The summed E-state index contributed by atoms with van der Waals surface area (Å²) in [5.74, 6) is 0. The molecular weight excluding hydrogens is 118 g/mol. The summed E-state index contributed by atoms with van der Waals surface area (Å²) in [7, 11) is 0. The molecule has 2 N–H and O–H groups in total. The quantitative estimate of drug-likeness (QED) is 0.337. The van der Waals surface area contributed by atoms with Gasteiger partial charge >= 0.3 is 0 Å². The molecule has 0 amide bonds. The molecule has 0 atom stereocenters. The van der Waals surface area contributed by atoms with Gasteiger partial charge in [0, 0.05) is 13.1 Å². The molecule has 52 valence electrons. The zero-order valence-electron chi connectivity index (χ0n) is 5.20. The van der Waals surface area contributed by atoms with Crippen molar-refractivity contribution < 1.29 is 10.3 Å². The molecule has 0 aliphatic heterocycles. The molecule has 0 aromatic heterocycles. The highest BCUT2D eigenvalue weighted by Gasteiger charge is 1.89. The van der Waals surface area contributed by atoms with Crippen LogP contribution in [0.25, 0.3) is 0 Å². The molecule has 0 aliphatic carbocycles. The molecule has 9 heavy (non-hydrogen) atoms. The monoisotopic (exact) mass is 129 g/mol. The highest BCUT2D eigenvalue weighted by molar-refractivity contribution is 4.77. The van der Waals surface area contributed by atoms with Crippen LogP contribution in [0, 0.1) is 0 Å². The molecule has 0 aliphatic rings. The number of nitrogens with zero attached hydrogens (tertiary/aromatic N) is 1. The maximum Gasteiger partial charge on any atom is 0.0765 e. The Balaban J connectivity index is 3.25. The molecule has 0 saturated heterocycles. The van der Waals surface area contributed by atoms with Crippen molar-refractivity contribution in [2.24, 2.45) is 0 Å². The van der Waals surface area contributed by atoms with Gasteiger partial charge in [-0.15, -0.1) is 6.58 Å². The van der Waals surface area contributed by atoms with Crippen molar-refractivity contribution in [3.63, 3.8) is 0 Å². The van der Waals surface area contributed by atoms with Crippen molar-refractivity contribution in [3.05, 3.63) is 25.0 Å². The Bertz CT molecular complexity index is 101. The summed E-state index contributed by atoms with van der Waals surface area (Å²) in [6.07, 6.45) is 3.90. The van der Waals surface area contributed by atoms with E-state index in [1.807, 2.05) is 0 Å². The van der Waals surface area contributed by atoms with Crippen LogP contribution in [0.2, 0.25) is 0 Å². The number of aliphatic hydroxyl groups excluding tert-OH is 1. The van der Waals surface area contributed by atoms with Crippen LogP contribution in [-0.4, -0.2) is 28.5 Å². The highest BCUT2D eigenvalue weighted by Crippen LogP contribution is 1.80. The van der Waals surface area contributed by atoms with Gasteiger partial charge in [-0.2, -0.15) is 5.06 Å². The van der Waals surface area contributed by atoms with Gasteiger partial charge < -0.3 is 10.3 Å². The van der Waals surface area contributed by atoms with Gasteiger partial charge in [0.05, 0.1) is 6.26 Å². The van der Waals surface area contributed by atoms with Gasteiger partial charge in [0.15, 0.2) is 0 Å².